The fourth-order valence-electron chi connectivity index (χ4n) is 4.79. The van der Waals surface area contributed by atoms with Crippen molar-refractivity contribution in [2.45, 2.75) is 45.9 Å². The lowest BCUT2D eigenvalue weighted by Crippen LogP contribution is -2.50. The number of hydrogen-bond donors (Lipinski definition) is 0. The van der Waals surface area contributed by atoms with Gasteiger partial charge < -0.3 is 14.5 Å². The predicted octanol–water partition coefficient (Wildman–Crippen LogP) is 3.46. The number of benzene rings is 2. The third-order valence-electron chi connectivity index (χ3n) is 6.57. The summed E-state index contributed by atoms with van der Waals surface area (Å²) < 4.78 is 5.81. The van der Waals surface area contributed by atoms with Gasteiger partial charge in [-0.15, -0.1) is 0 Å². The van der Waals surface area contributed by atoms with Crippen molar-refractivity contribution in [1.29, 1.82) is 0 Å². The van der Waals surface area contributed by atoms with E-state index in [1.165, 1.54) is 11.1 Å². The maximum absolute atomic E-state index is 13.0. The average molecular weight is 450 g/mol. The van der Waals surface area contributed by atoms with Crippen LogP contribution < -0.4 is 0 Å². The third-order valence-corrected chi connectivity index (χ3v) is 6.57. The van der Waals surface area contributed by atoms with Crippen molar-refractivity contribution in [3.05, 3.63) is 70.8 Å². The molecule has 4 rings (SSSR count). The highest BCUT2D eigenvalue weighted by molar-refractivity contribution is 5.96. The van der Waals surface area contributed by atoms with Gasteiger partial charge in [0.2, 0.25) is 0 Å². The minimum atomic E-state index is 0.0366. The Morgan fingerprint density at radius 3 is 1.61 bits per heavy atom. The van der Waals surface area contributed by atoms with Crippen molar-refractivity contribution in [2.75, 3.05) is 39.3 Å². The Hall–Kier alpha value is -2.70. The zero-order valence-corrected chi connectivity index (χ0v) is 20.0. The SMILES string of the molecule is CCc1ccc(C(=O)N2CCN(C(=O)c3ccc(CN4CC(C)OC(C)C4)cc3)CC2)cc1. The van der Waals surface area contributed by atoms with Crippen molar-refractivity contribution in [1.82, 2.24) is 14.7 Å². The average Bonchev–Trinajstić information content (AvgIpc) is 2.83. The van der Waals surface area contributed by atoms with E-state index in [1.807, 2.05) is 46.2 Å². The van der Waals surface area contributed by atoms with E-state index >= 15 is 0 Å². The molecular weight excluding hydrogens is 414 g/mol. The van der Waals surface area contributed by atoms with Crippen LogP contribution in [0.5, 0.6) is 0 Å². The van der Waals surface area contributed by atoms with Gasteiger partial charge in [0.15, 0.2) is 0 Å². The van der Waals surface area contributed by atoms with Crippen LogP contribution in [-0.4, -0.2) is 78.0 Å². The lowest BCUT2D eigenvalue weighted by molar-refractivity contribution is -0.0704. The van der Waals surface area contributed by atoms with E-state index in [2.05, 4.69) is 37.8 Å². The largest absolute Gasteiger partial charge is 0.373 e. The minimum absolute atomic E-state index is 0.0366. The number of carbonyl (C=O) groups excluding carboxylic acids is 2. The van der Waals surface area contributed by atoms with Crippen LogP contribution in [0.2, 0.25) is 0 Å². The molecule has 0 spiro atoms. The van der Waals surface area contributed by atoms with Crippen LogP contribution in [0, 0.1) is 0 Å². The van der Waals surface area contributed by atoms with E-state index in [9.17, 15) is 9.59 Å². The number of piperazine rings is 1. The van der Waals surface area contributed by atoms with Crippen LogP contribution in [0.4, 0.5) is 0 Å². The van der Waals surface area contributed by atoms with Crippen molar-refractivity contribution in [3.63, 3.8) is 0 Å². The van der Waals surface area contributed by atoms with Gasteiger partial charge in [-0.05, 0) is 55.7 Å². The number of aryl methyl sites for hydroxylation is 1. The monoisotopic (exact) mass is 449 g/mol. The Morgan fingerprint density at radius 1 is 0.758 bits per heavy atom. The van der Waals surface area contributed by atoms with E-state index in [4.69, 9.17) is 4.74 Å². The molecule has 2 aliphatic heterocycles. The summed E-state index contributed by atoms with van der Waals surface area (Å²) in [4.78, 5) is 31.9. The molecule has 0 aliphatic carbocycles. The summed E-state index contributed by atoms with van der Waals surface area (Å²) in [6, 6.07) is 15.8. The molecule has 6 nitrogen and oxygen atoms in total. The number of hydrogen-bond acceptors (Lipinski definition) is 4. The van der Waals surface area contributed by atoms with Crippen molar-refractivity contribution in [2.24, 2.45) is 0 Å². The molecule has 33 heavy (non-hydrogen) atoms. The lowest BCUT2D eigenvalue weighted by Gasteiger charge is -2.35. The Balaban J connectivity index is 1.29. The van der Waals surface area contributed by atoms with E-state index in [-0.39, 0.29) is 24.0 Å². The molecule has 2 aromatic rings. The fraction of sp³-hybridized carbons (Fsp3) is 0.481. The molecular formula is C27H35N3O3. The summed E-state index contributed by atoms with van der Waals surface area (Å²) in [7, 11) is 0. The van der Waals surface area contributed by atoms with Gasteiger partial charge in [-0.2, -0.15) is 0 Å². The molecule has 0 saturated carbocycles. The van der Waals surface area contributed by atoms with Gasteiger partial charge in [0.05, 0.1) is 12.2 Å². The number of carbonyl (C=O) groups is 2. The van der Waals surface area contributed by atoms with Crippen LogP contribution in [0.1, 0.15) is 52.6 Å². The first-order chi connectivity index (χ1) is 15.9. The van der Waals surface area contributed by atoms with Crippen molar-refractivity contribution < 1.29 is 14.3 Å². The first-order valence-corrected chi connectivity index (χ1v) is 12.1. The van der Waals surface area contributed by atoms with Crippen LogP contribution in [0.3, 0.4) is 0 Å². The molecule has 2 amide bonds. The van der Waals surface area contributed by atoms with E-state index in [0.29, 0.717) is 37.3 Å². The molecule has 0 aromatic heterocycles. The molecule has 2 fully saturated rings. The standard InChI is InChI=1S/C27H35N3O3/c1-4-22-5-9-24(10-6-22)26(31)29-13-15-30(16-14-29)27(32)25-11-7-23(8-12-25)19-28-17-20(2)33-21(3)18-28/h5-12,20-21H,4,13-19H2,1-3H3. The van der Waals surface area contributed by atoms with Crippen LogP contribution in [0.15, 0.2) is 48.5 Å². The Labute approximate surface area is 197 Å². The van der Waals surface area contributed by atoms with Crippen molar-refractivity contribution in [3.8, 4) is 0 Å². The minimum Gasteiger partial charge on any atom is -0.373 e. The zero-order chi connectivity index (χ0) is 23.4. The molecule has 2 atom stereocenters. The van der Waals surface area contributed by atoms with Gasteiger partial charge in [0.1, 0.15) is 0 Å². The molecule has 176 valence electrons. The van der Waals surface area contributed by atoms with E-state index in [0.717, 1.165) is 26.1 Å². The Kier molecular flexibility index (Phi) is 7.46. The fourth-order valence-corrected chi connectivity index (χ4v) is 4.79. The molecule has 2 unspecified atom stereocenters. The molecule has 0 N–H and O–H groups in total. The second-order valence-electron chi connectivity index (χ2n) is 9.28. The van der Waals surface area contributed by atoms with E-state index < -0.39 is 0 Å². The Bertz CT molecular complexity index is 940. The number of nitrogens with zero attached hydrogens (tertiary/aromatic N) is 3. The van der Waals surface area contributed by atoms with Gasteiger partial charge >= 0.3 is 0 Å². The highest BCUT2D eigenvalue weighted by atomic mass is 16.5. The normalized spacial score (nSPS) is 21.8. The van der Waals surface area contributed by atoms with Crippen LogP contribution >= 0.6 is 0 Å². The van der Waals surface area contributed by atoms with E-state index in [1.54, 1.807) is 0 Å². The predicted molar refractivity (Wildman–Crippen MR) is 129 cm³/mol. The number of rotatable bonds is 5. The summed E-state index contributed by atoms with van der Waals surface area (Å²) in [5.41, 5.74) is 3.85. The summed E-state index contributed by atoms with van der Waals surface area (Å²) in [5.74, 6) is 0.0791. The first-order valence-electron chi connectivity index (χ1n) is 12.1. The number of amides is 2. The second-order valence-corrected chi connectivity index (χ2v) is 9.28. The quantitative estimate of drug-likeness (QED) is 0.702. The lowest BCUT2D eigenvalue weighted by atomic mass is 10.1. The summed E-state index contributed by atoms with van der Waals surface area (Å²) in [6.07, 6.45) is 1.45. The summed E-state index contributed by atoms with van der Waals surface area (Å²) in [6.45, 7) is 11.3. The molecule has 2 heterocycles. The van der Waals surface area contributed by atoms with Crippen LogP contribution in [-0.2, 0) is 17.7 Å². The number of morpholine rings is 1. The van der Waals surface area contributed by atoms with Gasteiger partial charge in [-0.3, -0.25) is 14.5 Å². The maximum Gasteiger partial charge on any atom is 0.253 e. The topological polar surface area (TPSA) is 53.1 Å². The van der Waals surface area contributed by atoms with Gasteiger partial charge in [0.25, 0.3) is 11.8 Å². The highest BCUT2D eigenvalue weighted by Crippen LogP contribution is 2.17. The second kappa shape index (κ2) is 10.5. The summed E-state index contributed by atoms with van der Waals surface area (Å²) >= 11 is 0. The molecule has 0 bridgehead atoms. The number of ether oxygens (including phenoxy) is 1. The molecule has 2 aliphatic rings. The van der Waals surface area contributed by atoms with Crippen molar-refractivity contribution >= 4 is 11.8 Å². The smallest absolute Gasteiger partial charge is 0.253 e. The van der Waals surface area contributed by atoms with Gasteiger partial charge in [-0.25, -0.2) is 0 Å². The van der Waals surface area contributed by atoms with Gasteiger partial charge in [-0.1, -0.05) is 31.2 Å². The third kappa shape index (κ3) is 5.81. The van der Waals surface area contributed by atoms with Crippen LogP contribution in [0.25, 0.3) is 0 Å². The molecule has 2 saturated heterocycles. The summed E-state index contributed by atoms with van der Waals surface area (Å²) in [5, 5.41) is 0. The van der Waals surface area contributed by atoms with Gasteiger partial charge in [0, 0.05) is 56.9 Å². The highest BCUT2D eigenvalue weighted by Gasteiger charge is 2.26. The molecule has 0 radical (unpaired) electrons. The molecule has 6 heteroatoms. The Morgan fingerprint density at radius 2 is 1.18 bits per heavy atom. The zero-order valence-electron chi connectivity index (χ0n) is 20.0. The first kappa shape index (κ1) is 23.5. The maximum atomic E-state index is 13.0. The molecule has 2 aromatic carbocycles.